The van der Waals surface area contributed by atoms with Crippen LogP contribution in [0.1, 0.15) is 10.4 Å². The highest BCUT2D eigenvalue weighted by Gasteiger charge is 2.24. The Bertz CT molecular complexity index is 968. The molecule has 0 radical (unpaired) electrons. The molecule has 1 aromatic heterocycles. The minimum absolute atomic E-state index is 0. The maximum absolute atomic E-state index is 13.4. The zero-order chi connectivity index (χ0) is 21.0. The molecule has 9 heteroatoms. The van der Waals surface area contributed by atoms with Gasteiger partial charge in [-0.25, -0.2) is 4.98 Å². The Balaban J connectivity index is 0.00000320. The molecule has 0 saturated heterocycles. The maximum Gasteiger partial charge on any atom is 0.260 e. The number of hydrogen-bond acceptors (Lipinski definition) is 7. The number of ether oxygens (including phenoxy) is 3. The van der Waals surface area contributed by atoms with Gasteiger partial charge in [0.05, 0.1) is 21.3 Å². The molecule has 0 unspecified atom stereocenters. The van der Waals surface area contributed by atoms with Crippen LogP contribution in [-0.4, -0.2) is 64.3 Å². The molecule has 0 aliphatic heterocycles. The number of aromatic nitrogens is 1. The molecular formula is C21H26ClN3O4S. The van der Waals surface area contributed by atoms with Gasteiger partial charge in [0.15, 0.2) is 5.13 Å². The van der Waals surface area contributed by atoms with E-state index in [9.17, 15) is 4.79 Å². The van der Waals surface area contributed by atoms with Crippen LogP contribution < -0.4 is 19.1 Å². The fraction of sp³-hybridized carbons (Fsp3) is 0.333. The van der Waals surface area contributed by atoms with Crippen LogP contribution in [0.5, 0.6) is 17.2 Å². The molecule has 3 rings (SSSR count). The molecule has 0 N–H and O–H groups in total. The van der Waals surface area contributed by atoms with Crippen molar-refractivity contribution in [2.45, 2.75) is 0 Å². The van der Waals surface area contributed by atoms with E-state index >= 15 is 0 Å². The number of carbonyl (C=O) groups excluding carboxylic acids is 1. The molecule has 7 nitrogen and oxygen atoms in total. The van der Waals surface area contributed by atoms with Gasteiger partial charge in [0.25, 0.3) is 5.91 Å². The molecule has 30 heavy (non-hydrogen) atoms. The third-order valence-electron chi connectivity index (χ3n) is 4.46. The van der Waals surface area contributed by atoms with Crippen LogP contribution in [0.25, 0.3) is 10.2 Å². The molecule has 2 aromatic carbocycles. The molecule has 0 saturated carbocycles. The van der Waals surface area contributed by atoms with E-state index in [1.54, 1.807) is 44.4 Å². The lowest BCUT2D eigenvalue weighted by molar-refractivity contribution is 0.0985. The van der Waals surface area contributed by atoms with E-state index < -0.39 is 0 Å². The first kappa shape index (κ1) is 23.7. The quantitative estimate of drug-likeness (QED) is 0.516. The molecule has 0 spiro atoms. The van der Waals surface area contributed by atoms with Crippen LogP contribution in [0.3, 0.4) is 0 Å². The summed E-state index contributed by atoms with van der Waals surface area (Å²) >= 11 is 1.41. The van der Waals surface area contributed by atoms with Crippen molar-refractivity contribution in [3.8, 4) is 17.2 Å². The number of likely N-dealkylation sites (N-methyl/N-ethyl adjacent to an activating group) is 1. The summed E-state index contributed by atoms with van der Waals surface area (Å²) in [6.45, 7) is 1.19. The second-order valence-corrected chi connectivity index (χ2v) is 7.61. The topological polar surface area (TPSA) is 64.1 Å². The summed E-state index contributed by atoms with van der Waals surface area (Å²) in [7, 11) is 8.74. The first-order valence-electron chi connectivity index (χ1n) is 9.10. The molecule has 1 heterocycles. The van der Waals surface area contributed by atoms with E-state index in [-0.39, 0.29) is 18.3 Å². The molecule has 0 bridgehead atoms. The molecule has 0 aliphatic carbocycles. The van der Waals surface area contributed by atoms with E-state index in [1.807, 2.05) is 37.2 Å². The molecule has 0 aliphatic rings. The minimum atomic E-state index is -0.136. The molecule has 0 fully saturated rings. The highest BCUT2D eigenvalue weighted by Crippen LogP contribution is 2.40. The van der Waals surface area contributed by atoms with E-state index in [0.29, 0.717) is 46.5 Å². The van der Waals surface area contributed by atoms with Gasteiger partial charge in [0, 0.05) is 18.7 Å². The Hall–Kier alpha value is -2.55. The zero-order valence-electron chi connectivity index (χ0n) is 17.7. The van der Waals surface area contributed by atoms with Gasteiger partial charge in [0.1, 0.15) is 27.5 Å². The third-order valence-corrected chi connectivity index (χ3v) is 5.56. The van der Waals surface area contributed by atoms with Crippen LogP contribution in [0.4, 0.5) is 5.13 Å². The van der Waals surface area contributed by atoms with Gasteiger partial charge >= 0.3 is 0 Å². The van der Waals surface area contributed by atoms with E-state index in [2.05, 4.69) is 0 Å². The summed E-state index contributed by atoms with van der Waals surface area (Å²) in [4.78, 5) is 21.8. The number of carbonyl (C=O) groups is 1. The van der Waals surface area contributed by atoms with Crippen molar-refractivity contribution in [3.63, 3.8) is 0 Å². The predicted octanol–water partition coefficient (Wildman–Crippen LogP) is 3.95. The van der Waals surface area contributed by atoms with Gasteiger partial charge in [-0.05, 0) is 44.4 Å². The number of benzene rings is 2. The molecule has 162 valence electrons. The highest BCUT2D eigenvalue weighted by molar-refractivity contribution is 7.22. The number of methoxy groups -OCH3 is 3. The minimum Gasteiger partial charge on any atom is -0.497 e. The van der Waals surface area contributed by atoms with Crippen molar-refractivity contribution in [1.82, 2.24) is 9.88 Å². The fourth-order valence-electron chi connectivity index (χ4n) is 2.89. The fourth-order valence-corrected chi connectivity index (χ4v) is 3.98. The summed E-state index contributed by atoms with van der Waals surface area (Å²) in [5.74, 6) is 1.84. The number of thiazole rings is 1. The summed E-state index contributed by atoms with van der Waals surface area (Å²) in [5.41, 5.74) is 1.22. The van der Waals surface area contributed by atoms with E-state index in [0.717, 1.165) is 4.70 Å². The Morgan fingerprint density at radius 1 is 1.00 bits per heavy atom. The number of anilines is 1. The first-order valence-corrected chi connectivity index (χ1v) is 9.92. The second-order valence-electron chi connectivity index (χ2n) is 6.64. The predicted molar refractivity (Wildman–Crippen MR) is 123 cm³/mol. The third kappa shape index (κ3) is 4.95. The van der Waals surface area contributed by atoms with Crippen LogP contribution in [0.2, 0.25) is 0 Å². The summed E-state index contributed by atoms with van der Waals surface area (Å²) in [5, 5.41) is 0.595. The SMILES string of the molecule is COc1cccc(C(=O)N(CCN(C)C)c2nc3c(OC)ccc(OC)c3s2)c1.Cl. The smallest absolute Gasteiger partial charge is 0.260 e. The average molecular weight is 452 g/mol. The monoisotopic (exact) mass is 451 g/mol. The lowest BCUT2D eigenvalue weighted by atomic mass is 10.2. The van der Waals surface area contributed by atoms with E-state index in [1.165, 1.54) is 11.3 Å². The Morgan fingerprint density at radius 2 is 1.70 bits per heavy atom. The lowest BCUT2D eigenvalue weighted by Crippen LogP contribution is -2.36. The van der Waals surface area contributed by atoms with Crippen molar-refractivity contribution < 1.29 is 19.0 Å². The summed E-state index contributed by atoms with van der Waals surface area (Å²) in [6, 6.07) is 10.8. The van der Waals surface area contributed by atoms with E-state index in [4.69, 9.17) is 19.2 Å². The number of fused-ring (bicyclic) bond motifs is 1. The molecule has 1 amide bonds. The molecule has 3 aromatic rings. The van der Waals surface area contributed by atoms with Crippen molar-refractivity contribution in [3.05, 3.63) is 42.0 Å². The number of hydrogen-bond donors (Lipinski definition) is 0. The summed E-state index contributed by atoms with van der Waals surface area (Å²) < 4.78 is 17.0. The average Bonchev–Trinajstić information content (AvgIpc) is 3.17. The van der Waals surface area contributed by atoms with Crippen molar-refractivity contribution >= 4 is 45.0 Å². The Morgan fingerprint density at radius 3 is 2.33 bits per heavy atom. The normalized spacial score (nSPS) is 10.6. The van der Waals surface area contributed by atoms with Gasteiger partial charge in [-0.15, -0.1) is 12.4 Å². The van der Waals surface area contributed by atoms with Crippen LogP contribution in [0, 0.1) is 0 Å². The van der Waals surface area contributed by atoms with Crippen LogP contribution >= 0.6 is 23.7 Å². The number of amides is 1. The standard InChI is InChI=1S/C21H25N3O4S.ClH/c1-23(2)11-12-24(20(25)14-7-6-8-15(13-14)26-3)21-22-18-16(27-4)9-10-17(28-5)19(18)29-21;/h6-10,13H,11-12H2,1-5H3;1H. The van der Waals surface area contributed by atoms with Crippen LogP contribution in [0.15, 0.2) is 36.4 Å². The highest BCUT2D eigenvalue weighted by atomic mass is 35.5. The number of rotatable bonds is 8. The van der Waals surface area contributed by atoms with Crippen molar-refractivity contribution in [1.29, 1.82) is 0 Å². The van der Waals surface area contributed by atoms with Gasteiger partial charge in [-0.2, -0.15) is 0 Å². The lowest BCUT2D eigenvalue weighted by Gasteiger charge is -2.22. The van der Waals surface area contributed by atoms with Gasteiger partial charge in [0.2, 0.25) is 0 Å². The largest absolute Gasteiger partial charge is 0.497 e. The maximum atomic E-state index is 13.4. The first-order chi connectivity index (χ1) is 14.0. The number of nitrogens with zero attached hydrogens (tertiary/aromatic N) is 3. The van der Waals surface area contributed by atoms with Gasteiger partial charge in [-0.1, -0.05) is 17.4 Å². The Kier molecular flexibility index (Phi) is 8.28. The summed E-state index contributed by atoms with van der Waals surface area (Å²) in [6.07, 6.45) is 0. The van der Waals surface area contributed by atoms with Crippen molar-refractivity contribution in [2.24, 2.45) is 0 Å². The molecule has 0 atom stereocenters. The van der Waals surface area contributed by atoms with Gasteiger partial charge < -0.3 is 19.1 Å². The van der Waals surface area contributed by atoms with Crippen molar-refractivity contribution in [2.75, 3.05) is 53.4 Å². The zero-order valence-corrected chi connectivity index (χ0v) is 19.3. The van der Waals surface area contributed by atoms with Crippen LogP contribution in [-0.2, 0) is 0 Å². The second kappa shape index (κ2) is 10.5. The van der Waals surface area contributed by atoms with Gasteiger partial charge in [-0.3, -0.25) is 9.69 Å². The number of halogens is 1. The molecular weight excluding hydrogens is 426 g/mol. The Labute approximate surface area is 186 Å².